The number of pyridine rings is 1. The second-order valence-corrected chi connectivity index (χ2v) is 5.08. The molecule has 0 radical (unpaired) electrons. The molecule has 0 saturated carbocycles. The van der Waals surface area contributed by atoms with E-state index in [0.29, 0.717) is 12.6 Å². The SMILES string of the molecule is CCC(CC)N(CCO)c1nccc2c(OC)cccc12. The third-order valence-corrected chi connectivity index (χ3v) is 3.96. The molecule has 4 heteroatoms. The van der Waals surface area contributed by atoms with Crippen LogP contribution in [0.3, 0.4) is 0 Å². The maximum absolute atomic E-state index is 9.42. The molecule has 0 bridgehead atoms. The van der Waals surface area contributed by atoms with Gasteiger partial charge in [-0.15, -0.1) is 0 Å². The standard InChI is InChI=1S/C17H24N2O2/c1-4-13(5-2)19(11-12-20)17-15-7-6-8-16(21-3)14(15)9-10-18-17/h6-10,13,20H,4-5,11-12H2,1-3H3. The summed E-state index contributed by atoms with van der Waals surface area (Å²) in [5.74, 6) is 1.78. The van der Waals surface area contributed by atoms with Gasteiger partial charge in [-0.25, -0.2) is 4.98 Å². The minimum atomic E-state index is 0.124. The van der Waals surface area contributed by atoms with Crippen molar-refractivity contribution >= 4 is 16.6 Å². The molecule has 4 nitrogen and oxygen atoms in total. The van der Waals surface area contributed by atoms with Gasteiger partial charge in [0, 0.05) is 29.6 Å². The van der Waals surface area contributed by atoms with E-state index in [9.17, 15) is 5.11 Å². The molecule has 21 heavy (non-hydrogen) atoms. The predicted octanol–water partition coefficient (Wildman–Crippen LogP) is 3.23. The summed E-state index contributed by atoms with van der Waals surface area (Å²) < 4.78 is 5.44. The third kappa shape index (κ3) is 3.10. The number of hydrogen-bond acceptors (Lipinski definition) is 4. The summed E-state index contributed by atoms with van der Waals surface area (Å²) in [6, 6.07) is 8.35. The number of aromatic nitrogens is 1. The number of anilines is 1. The summed E-state index contributed by atoms with van der Waals surface area (Å²) in [4.78, 5) is 6.79. The van der Waals surface area contributed by atoms with Crippen molar-refractivity contribution in [3.63, 3.8) is 0 Å². The third-order valence-electron chi connectivity index (χ3n) is 3.96. The number of aliphatic hydroxyl groups excluding tert-OH is 1. The van der Waals surface area contributed by atoms with Gasteiger partial charge in [0.15, 0.2) is 0 Å². The molecular formula is C17H24N2O2. The van der Waals surface area contributed by atoms with Crippen LogP contribution >= 0.6 is 0 Å². The van der Waals surface area contributed by atoms with E-state index in [1.807, 2.05) is 24.4 Å². The molecule has 0 aliphatic heterocycles. The fourth-order valence-corrected chi connectivity index (χ4v) is 2.87. The Morgan fingerprint density at radius 2 is 1.95 bits per heavy atom. The van der Waals surface area contributed by atoms with Crippen molar-refractivity contribution in [3.05, 3.63) is 30.5 Å². The van der Waals surface area contributed by atoms with Crippen molar-refractivity contribution in [1.29, 1.82) is 0 Å². The van der Waals surface area contributed by atoms with Crippen LogP contribution in [0, 0.1) is 0 Å². The zero-order valence-corrected chi connectivity index (χ0v) is 13.0. The number of nitrogens with zero attached hydrogens (tertiary/aromatic N) is 2. The minimum absolute atomic E-state index is 0.124. The minimum Gasteiger partial charge on any atom is -0.496 e. The summed E-state index contributed by atoms with van der Waals surface area (Å²) in [7, 11) is 1.68. The van der Waals surface area contributed by atoms with Crippen molar-refractivity contribution in [3.8, 4) is 5.75 Å². The van der Waals surface area contributed by atoms with E-state index < -0.39 is 0 Å². The highest BCUT2D eigenvalue weighted by molar-refractivity contribution is 5.96. The number of hydrogen-bond donors (Lipinski definition) is 1. The Labute approximate surface area is 126 Å². The van der Waals surface area contributed by atoms with Crippen LogP contribution in [0.4, 0.5) is 5.82 Å². The second kappa shape index (κ2) is 7.27. The first-order valence-corrected chi connectivity index (χ1v) is 7.56. The van der Waals surface area contributed by atoms with Crippen LogP contribution in [0.15, 0.2) is 30.5 Å². The van der Waals surface area contributed by atoms with Crippen LogP contribution in [-0.4, -0.2) is 36.4 Å². The van der Waals surface area contributed by atoms with Gasteiger partial charge < -0.3 is 14.7 Å². The van der Waals surface area contributed by atoms with Crippen LogP contribution in [0.2, 0.25) is 0 Å². The molecule has 1 aromatic carbocycles. The molecule has 1 N–H and O–H groups in total. The number of benzene rings is 1. The van der Waals surface area contributed by atoms with Gasteiger partial charge in [0.25, 0.3) is 0 Å². The summed E-state index contributed by atoms with van der Waals surface area (Å²) in [5, 5.41) is 11.5. The van der Waals surface area contributed by atoms with Crippen molar-refractivity contribution in [2.75, 3.05) is 25.2 Å². The number of methoxy groups -OCH3 is 1. The Bertz CT molecular complexity index is 582. The molecule has 2 rings (SSSR count). The smallest absolute Gasteiger partial charge is 0.136 e. The van der Waals surface area contributed by atoms with E-state index in [0.717, 1.165) is 35.2 Å². The molecule has 0 aliphatic rings. The molecule has 0 unspecified atom stereocenters. The van der Waals surface area contributed by atoms with E-state index in [1.54, 1.807) is 7.11 Å². The molecular weight excluding hydrogens is 264 g/mol. The molecule has 0 fully saturated rings. The largest absolute Gasteiger partial charge is 0.496 e. The van der Waals surface area contributed by atoms with Crippen molar-refractivity contribution in [1.82, 2.24) is 4.98 Å². The summed E-state index contributed by atoms with van der Waals surface area (Å²) in [6.45, 7) is 5.06. The van der Waals surface area contributed by atoms with Crippen LogP contribution in [-0.2, 0) is 0 Å². The fraction of sp³-hybridized carbons (Fsp3) is 0.471. The predicted molar refractivity (Wildman–Crippen MR) is 87.1 cm³/mol. The topological polar surface area (TPSA) is 45.6 Å². The second-order valence-electron chi connectivity index (χ2n) is 5.08. The maximum atomic E-state index is 9.42. The number of fused-ring (bicyclic) bond motifs is 1. The Morgan fingerprint density at radius 3 is 2.57 bits per heavy atom. The highest BCUT2D eigenvalue weighted by Crippen LogP contribution is 2.32. The van der Waals surface area contributed by atoms with Crippen molar-refractivity contribution in [2.24, 2.45) is 0 Å². The van der Waals surface area contributed by atoms with Gasteiger partial charge in [0.05, 0.1) is 13.7 Å². The van der Waals surface area contributed by atoms with Gasteiger partial charge in [-0.3, -0.25) is 0 Å². The summed E-state index contributed by atoms with van der Waals surface area (Å²) in [5.41, 5.74) is 0. The summed E-state index contributed by atoms with van der Waals surface area (Å²) in [6.07, 6.45) is 3.87. The Balaban J connectivity index is 2.57. The first-order chi connectivity index (χ1) is 10.3. The van der Waals surface area contributed by atoms with E-state index >= 15 is 0 Å². The highest BCUT2D eigenvalue weighted by Gasteiger charge is 2.19. The quantitative estimate of drug-likeness (QED) is 0.849. The molecule has 0 atom stereocenters. The monoisotopic (exact) mass is 288 g/mol. The van der Waals surface area contributed by atoms with Gasteiger partial charge in [0.2, 0.25) is 0 Å². The van der Waals surface area contributed by atoms with Gasteiger partial charge in [0.1, 0.15) is 11.6 Å². The van der Waals surface area contributed by atoms with Crippen molar-refractivity contribution < 1.29 is 9.84 Å². The molecule has 0 aliphatic carbocycles. The normalized spacial score (nSPS) is 11.1. The van der Waals surface area contributed by atoms with Gasteiger partial charge in [-0.1, -0.05) is 26.0 Å². The van der Waals surface area contributed by atoms with E-state index in [4.69, 9.17) is 4.74 Å². The Hall–Kier alpha value is -1.81. The van der Waals surface area contributed by atoms with E-state index in [1.165, 1.54) is 0 Å². The fourth-order valence-electron chi connectivity index (χ4n) is 2.87. The number of aliphatic hydroxyl groups is 1. The number of ether oxygens (including phenoxy) is 1. The first kappa shape index (κ1) is 15.6. The van der Waals surface area contributed by atoms with Crippen LogP contribution in [0.25, 0.3) is 10.8 Å². The van der Waals surface area contributed by atoms with Gasteiger partial charge in [-0.2, -0.15) is 0 Å². The van der Waals surface area contributed by atoms with E-state index in [2.05, 4.69) is 29.8 Å². The van der Waals surface area contributed by atoms with Gasteiger partial charge >= 0.3 is 0 Å². The molecule has 114 valence electrons. The molecule has 1 heterocycles. The Kier molecular flexibility index (Phi) is 5.39. The summed E-state index contributed by atoms with van der Waals surface area (Å²) >= 11 is 0. The lowest BCUT2D eigenvalue weighted by Crippen LogP contribution is -2.37. The molecule has 0 spiro atoms. The van der Waals surface area contributed by atoms with Crippen molar-refractivity contribution in [2.45, 2.75) is 32.7 Å². The molecule has 1 aromatic heterocycles. The molecule has 2 aromatic rings. The number of rotatable bonds is 7. The lowest BCUT2D eigenvalue weighted by molar-refractivity contribution is 0.295. The molecule has 0 saturated heterocycles. The van der Waals surface area contributed by atoms with E-state index in [-0.39, 0.29) is 6.61 Å². The lowest BCUT2D eigenvalue weighted by Gasteiger charge is -2.32. The first-order valence-electron chi connectivity index (χ1n) is 7.56. The average Bonchev–Trinajstić information content (AvgIpc) is 2.54. The maximum Gasteiger partial charge on any atom is 0.136 e. The molecule has 0 amide bonds. The average molecular weight is 288 g/mol. The van der Waals surface area contributed by atoms with Crippen LogP contribution in [0.5, 0.6) is 5.75 Å². The Morgan fingerprint density at radius 1 is 1.19 bits per heavy atom. The lowest BCUT2D eigenvalue weighted by atomic mass is 10.1. The van der Waals surface area contributed by atoms with Crippen LogP contribution < -0.4 is 9.64 Å². The van der Waals surface area contributed by atoms with Gasteiger partial charge in [-0.05, 0) is 25.0 Å². The zero-order chi connectivity index (χ0) is 15.2. The zero-order valence-electron chi connectivity index (χ0n) is 13.0. The van der Waals surface area contributed by atoms with Crippen LogP contribution in [0.1, 0.15) is 26.7 Å². The highest BCUT2D eigenvalue weighted by atomic mass is 16.5.